The minimum absolute atomic E-state index is 0.125. The van der Waals surface area contributed by atoms with Crippen LogP contribution < -0.4 is 10.4 Å². The molecule has 0 aliphatic carbocycles. The zero-order chi connectivity index (χ0) is 26.1. The van der Waals surface area contributed by atoms with Crippen molar-refractivity contribution in [1.82, 2.24) is 0 Å². The lowest BCUT2D eigenvalue weighted by atomic mass is 10.1. The van der Waals surface area contributed by atoms with E-state index in [4.69, 9.17) is 23.4 Å². The minimum atomic E-state index is -2.72. The van der Waals surface area contributed by atoms with Crippen molar-refractivity contribution >= 4 is 18.7 Å². The van der Waals surface area contributed by atoms with E-state index in [0.29, 0.717) is 13.2 Å². The van der Waals surface area contributed by atoms with E-state index < -0.39 is 20.4 Å². The number of fused-ring (bicyclic) bond motifs is 1. The average Bonchev–Trinajstić information content (AvgIpc) is 3.35. The summed E-state index contributed by atoms with van der Waals surface area (Å²) < 4.78 is 32.4. The topological polar surface area (TPSA) is 46.2 Å². The van der Waals surface area contributed by atoms with Gasteiger partial charge in [0.2, 0.25) is 0 Å². The van der Waals surface area contributed by atoms with E-state index in [1.165, 1.54) is 10.4 Å². The summed E-state index contributed by atoms with van der Waals surface area (Å²) in [5.74, 6) is -0.715. The normalized spacial score (nSPS) is 25.2. The van der Waals surface area contributed by atoms with Gasteiger partial charge in [0.25, 0.3) is 8.32 Å². The number of hydrogen-bond donors (Lipinski definition) is 0. The minimum Gasteiger partial charge on any atom is -0.405 e. The quantitative estimate of drug-likeness (QED) is 0.392. The Kier molecular flexibility index (Phi) is 7.42. The molecule has 5 nitrogen and oxygen atoms in total. The third-order valence-corrected chi connectivity index (χ3v) is 12.3. The van der Waals surface area contributed by atoms with Crippen LogP contribution in [-0.4, -0.2) is 45.3 Å². The molecule has 3 aromatic carbocycles. The number of ether oxygens (including phenoxy) is 4. The third kappa shape index (κ3) is 5.32. The zero-order valence-electron chi connectivity index (χ0n) is 22.4. The van der Waals surface area contributed by atoms with Crippen LogP contribution in [0, 0.1) is 0 Å². The summed E-state index contributed by atoms with van der Waals surface area (Å²) >= 11 is 0. The van der Waals surface area contributed by atoms with Gasteiger partial charge in [-0.2, -0.15) is 0 Å². The molecule has 0 saturated carbocycles. The molecule has 0 spiro atoms. The van der Waals surface area contributed by atoms with Gasteiger partial charge in [0.05, 0.1) is 13.2 Å². The van der Waals surface area contributed by atoms with Gasteiger partial charge in [-0.3, -0.25) is 0 Å². The smallest absolute Gasteiger partial charge is 0.261 e. The maximum atomic E-state index is 7.17. The third-order valence-electron chi connectivity index (χ3n) is 7.25. The predicted octanol–water partition coefficient (Wildman–Crippen LogP) is 5.02. The van der Waals surface area contributed by atoms with Crippen molar-refractivity contribution in [3.8, 4) is 0 Å². The molecule has 2 aliphatic rings. The molecule has 0 N–H and O–H groups in total. The van der Waals surface area contributed by atoms with Gasteiger partial charge in [-0.1, -0.05) is 112 Å². The number of hydrogen-bond acceptors (Lipinski definition) is 5. The zero-order valence-corrected chi connectivity index (χ0v) is 23.4. The summed E-state index contributed by atoms with van der Waals surface area (Å²) in [6, 6.07) is 31.5. The van der Waals surface area contributed by atoms with Gasteiger partial charge >= 0.3 is 0 Å². The molecule has 0 radical (unpaired) electrons. The predicted molar refractivity (Wildman–Crippen MR) is 147 cm³/mol. The summed E-state index contributed by atoms with van der Waals surface area (Å²) in [4.78, 5) is 0. The van der Waals surface area contributed by atoms with Gasteiger partial charge in [0.15, 0.2) is 12.1 Å². The van der Waals surface area contributed by atoms with E-state index in [1.807, 2.05) is 32.0 Å². The highest BCUT2D eigenvalue weighted by Crippen LogP contribution is 2.41. The lowest BCUT2D eigenvalue weighted by molar-refractivity contribution is -0.222. The van der Waals surface area contributed by atoms with Gasteiger partial charge in [0.1, 0.15) is 18.3 Å². The van der Waals surface area contributed by atoms with Crippen LogP contribution in [0.15, 0.2) is 91.0 Å². The Hall–Kier alpha value is -2.32. The van der Waals surface area contributed by atoms with E-state index in [9.17, 15) is 0 Å². The van der Waals surface area contributed by atoms with Crippen LogP contribution in [0.3, 0.4) is 0 Å². The van der Waals surface area contributed by atoms with Crippen molar-refractivity contribution in [3.63, 3.8) is 0 Å². The Labute approximate surface area is 221 Å². The summed E-state index contributed by atoms with van der Waals surface area (Å²) in [6.45, 7) is 11.5. The second kappa shape index (κ2) is 10.4. The highest BCUT2D eigenvalue weighted by Gasteiger charge is 2.57. The largest absolute Gasteiger partial charge is 0.405 e. The highest BCUT2D eigenvalue weighted by molar-refractivity contribution is 6.99. The van der Waals surface area contributed by atoms with Crippen molar-refractivity contribution in [2.75, 3.05) is 6.61 Å². The summed E-state index contributed by atoms with van der Waals surface area (Å²) in [6.07, 6.45) is -1.43. The second-order valence-electron chi connectivity index (χ2n) is 11.4. The first kappa shape index (κ1) is 26.3. The summed E-state index contributed by atoms with van der Waals surface area (Å²) in [7, 11) is -2.72. The molecule has 2 heterocycles. The highest BCUT2D eigenvalue weighted by atomic mass is 28.4. The molecule has 6 heteroatoms. The molecule has 196 valence electrons. The molecular weight excluding hydrogens is 480 g/mol. The van der Waals surface area contributed by atoms with Gasteiger partial charge in [0, 0.05) is 0 Å². The fourth-order valence-corrected chi connectivity index (χ4v) is 10.2. The first-order valence-electron chi connectivity index (χ1n) is 13.1. The monoisotopic (exact) mass is 518 g/mol. The van der Waals surface area contributed by atoms with Crippen LogP contribution in [0.2, 0.25) is 5.04 Å². The summed E-state index contributed by atoms with van der Waals surface area (Å²) in [5.41, 5.74) is 1.11. The van der Waals surface area contributed by atoms with Gasteiger partial charge in [-0.05, 0) is 34.8 Å². The van der Waals surface area contributed by atoms with Crippen molar-refractivity contribution in [2.24, 2.45) is 0 Å². The Morgan fingerprint density at radius 1 is 0.784 bits per heavy atom. The molecular formula is C31H38O5Si. The van der Waals surface area contributed by atoms with Gasteiger partial charge in [-0.15, -0.1) is 0 Å². The maximum absolute atomic E-state index is 7.17. The van der Waals surface area contributed by atoms with E-state index in [0.717, 1.165) is 5.56 Å². The van der Waals surface area contributed by atoms with Crippen molar-refractivity contribution in [1.29, 1.82) is 0 Å². The molecule has 0 aromatic heterocycles. The van der Waals surface area contributed by atoms with Crippen LogP contribution in [0.1, 0.15) is 40.2 Å². The molecule has 0 unspecified atom stereocenters. The SMILES string of the molecule is CC1(C)O[C@@H]2O[C@H](CO[Si](c3ccccc3)(c3ccccc3)C(C)(C)C)[C@H](OCc3ccccc3)[C@@H]2O1. The fourth-order valence-electron chi connectivity index (χ4n) is 5.62. The van der Waals surface area contributed by atoms with E-state index in [2.05, 4.69) is 93.6 Å². The van der Waals surface area contributed by atoms with E-state index >= 15 is 0 Å². The van der Waals surface area contributed by atoms with Crippen molar-refractivity contribution in [3.05, 3.63) is 96.6 Å². The van der Waals surface area contributed by atoms with E-state index in [1.54, 1.807) is 0 Å². The molecule has 3 aromatic rings. The molecule has 37 heavy (non-hydrogen) atoms. The molecule has 2 aliphatic heterocycles. The summed E-state index contributed by atoms with van der Waals surface area (Å²) in [5, 5.41) is 2.35. The average molecular weight is 519 g/mol. The molecule has 2 saturated heterocycles. The molecule has 0 amide bonds. The number of benzene rings is 3. The lowest BCUT2D eigenvalue weighted by Gasteiger charge is -2.43. The van der Waals surface area contributed by atoms with Gasteiger partial charge < -0.3 is 23.4 Å². The fraction of sp³-hybridized carbons (Fsp3) is 0.419. The van der Waals surface area contributed by atoms with Gasteiger partial charge in [-0.25, -0.2) is 0 Å². The van der Waals surface area contributed by atoms with Crippen LogP contribution in [0.4, 0.5) is 0 Å². The van der Waals surface area contributed by atoms with E-state index in [-0.39, 0.29) is 23.4 Å². The second-order valence-corrected chi connectivity index (χ2v) is 15.7. The molecule has 0 bridgehead atoms. The Morgan fingerprint density at radius 2 is 1.32 bits per heavy atom. The number of rotatable bonds is 8. The van der Waals surface area contributed by atoms with Crippen molar-refractivity contribution in [2.45, 2.75) is 76.7 Å². The first-order valence-corrected chi connectivity index (χ1v) is 15.0. The Balaban J connectivity index is 1.45. The standard InChI is InChI=1S/C31H38O5Si/c1-30(2,3)37(24-17-11-7-12-18-24,25-19-13-8-14-20-25)33-22-26-27(32-21-23-15-9-6-10-16-23)28-29(34-26)36-31(4,5)35-28/h6-20,26-29H,21-22H2,1-5H3/t26-,27+,28+,29+/m1/s1. The van der Waals surface area contributed by atoms with Crippen LogP contribution >= 0.6 is 0 Å². The van der Waals surface area contributed by atoms with Crippen LogP contribution in [0.5, 0.6) is 0 Å². The molecule has 2 fully saturated rings. The molecule has 4 atom stereocenters. The Morgan fingerprint density at radius 3 is 1.86 bits per heavy atom. The van der Waals surface area contributed by atoms with Crippen molar-refractivity contribution < 1.29 is 23.4 Å². The maximum Gasteiger partial charge on any atom is 0.261 e. The van der Waals surface area contributed by atoms with Crippen LogP contribution in [0.25, 0.3) is 0 Å². The Bertz CT molecular complexity index is 1110. The first-order chi connectivity index (χ1) is 17.7. The lowest BCUT2D eigenvalue weighted by Crippen LogP contribution is -2.67. The van der Waals surface area contributed by atoms with Crippen LogP contribution in [-0.2, 0) is 30.0 Å². The molecule has 5 rings (SSSR count).